The summed E-state index contributed by atoms with van der Waals surface area (Å²) < 4.78 is 10.9. The Morgan fingerprint density at radius 3 is 3.00 bits per heavy atom. The summed E-state index contributed by atoms with van der Waals surface area (Å²) in [6.07, 6.45) is 4.98. The SMILES string of the molecule is Cc1ccoc1-c1nnc(CCNC2CC2)o1. The van der Waals surface area contributed by atoms with E-state index in [9.17, 15) is 0 Å². The minimum atomic E-state index is 0.467. The molecule has 5 heteroatoms. The van der Waals surface area contributed by atoms with Crippen LogP contribution in [0.1, 0.15) is 24.3 Å². The first-order valence-electron chi connectivity index (χ1n) is 5.93. The number of rotatable bonds is 5. The van der Waals surface area contributed by atoms with Crippen molar-refractivity contribution in [1.29, 1.82) is 0 Å². The van der Waals surface area contributed by atoms with E-state index in [0.29, 0.717) is 23.6 Å². The third-order valence-electron chi connectivity index (χ3n) is 2.87. The molecule has 0 unspecified atom stereocenters. The highest BCUT2D eigenvalue weighted by Crippen LogP contribution is 2.23. The Morgan fingerprint density at radius 1 is 1.41 bits per heavy atom. The van der Waals surface area contributed by atoms with Gasteiger partial charge in [-0.2, -0.15) is 0 Å². The molecule has 2 heterocycles. The van der Waals surface area contributed by atoms with Gasteiger partial charge < -0.3 is 14.2 Å². The molecule has 1 aliphatic rings. The van der Waals surface area contributed by atoms with Crippen LogP contribution in [0, 0.1) is 6.92 Å². The van der Waals surface area contributed by atoms with E-state index in [2.05, 4.69) is 15.5 Å². The predicted octanol–water partition coefficient (Wildman–Crippen LogP) is 1.93. The van der Waals surface area contributed by atoms with Crippen LogP contribution in [0.5, 0.6) is 0 Å². The number of nitrogens with one attached hydrogen (secondary N) is 1. The molecule has 2 aromatic rings. The molecule has 0 radical (unpaired) electrons. The van der Waals surface area contributed by atoms with E-state index in [1.807, 2.05) is 13.0 Å². The van der Waals surface area contributed by atoms with Crippen LogP contribution in [0.2, 0.25) is 0 Å². The van der Waals surface area contributed by atoms with Gasteiger partial charge in [-0.05, 0) is 25.8 Å². The second-order valence-corrected chi connectivity index (χ2v) is 4.41. The van der Waals surface area contributed by atoms with Crippen molar-refractivity contribution in [2.24, 2.45) is 0 Å². The summed E-state index contributed by atoms with van der Waals surface area (Å²) in [4.78, 5) is 0. The summed E-state index contributed by atoms with van der Waals surface area (Å²) >= 11 is 0. The Morgan fingerprint density at radius 2 is 2.29 bits per heavy atom. The molecule has 5 nitrogen and oxygen atoms in total. The van der Waals surface area contributed by atoms with Gasteiger partial charge >= 0.3 is 0 Å². The van der Waals surface area contributed by atoms with Crippen LogP contribution in [0.3, 0.4) is 0 Å². The zero-order valence-electron chi connectivity index (χ0n) is 9.77. The molecule has 2 aromatic heterocycles. The zero-order chi connectivity index (χ0) is 11.7. The number of hydrogen-bond donors (Lipinski definition) is 1. The van der Waals surface area contributed by atoms with E-state index in [0.717, 1.165) is 18.5 Å². The minimum absolute atomic E-state index is 0.467. The van der Waals surface area contributed by atoms with E-state index in [4.69, 9.17) is 8.83 Å². The Balaban J connectivity index is 1.63. The monoisotopic (exact) mass is 233 g/mol. The quantitative estimate of drug-likeness (QED) is 0.854. The lowest BCUT2D eigenvalue weighted by atomic mass is 10.3. The molecule has 0 aliphatic heterocycles. The Hall–Kier alpha value is -1.62. The Labute approximate surface area is 99.2 Å². The smallest absolute Gasteiger partial charge is 0.283 e. The topological polar surface area (TPSA) is 64.1 Å². The van der Waals surface area contributed by atoms with Gasteiger partial charge in [0.05, 0.1) is 6.26 Å². The first kappa shape index (κ1) is 10.5. The molecule has 0 atom stereocenters. The fourth-order valence-electron chi connectivity index (χ4n) is 1.71. The fraction of sp³-hybridized carbons (Fsp3) is 0.500. The molecule has 3 rings (SSSR count). The van der Waals surface area contributed by atoms with Gasteiger partial charge in [0.25, 0.3) is 5.89 Å². The summed E-state index contributed by atoms with van der Waals surface area (Å²) in [5, 5.41) is 11.4. The normalized spacial score (nSPS) is 15.4. The molecule has 1 fully saturated rings. The van der Waals surface area contributed by atoms with Crippen molar-refractivity contribution in [1.82, 2.24) is 15.5 Å². The molecule has 0 spiro atoms. The van der Waals surface area contributed by atoms with Gasteiger partial charge in [0.2, 0.25) is 5.89 Å². The van der Waals surface area contributed by atoms with Gasteiger partial charge in [0.15, 0.2) is 5.76 Å². The van der Waals surface area contributed by atoms with Crippen molar-refractivity contribution in [3.05, 3.63) is 23.8 Å². The van der Waals surface area contributed by atoms with Crippen molar-refractivity contribution in [3.63, 3.8) is 0 Å². The van der Waals surface area contributed by atoms with Crippen LogP contribution in [0.15, 0.2) is 21.2 Å². The highest BCUT2D eigenvalue weighted by Gasteiger charge is 2.20. The fourth-order valence-corrected chi connectivity index (χ4v) is 1.71. The lowest BCUT2D eigenvalue weighted by molar-refractivity contribution is 0.472. The molecule has 0 aromatic carbocycles. The van der Waals surface area contributed by atoms with Crippen LogP contribution in [-0.2, 0) is 6.42 Å². The van der Waals surface area contributed by atoms with Gasteiger partial charge in [0.1, 0.15) is 0 Å². The van der Waals surface area contributed by atoms with Gasteiger partial charge in [-0.25, -0.2) is 0 Å². The summed E-state index contributed by atoms with van der Waals surface area (Å²) in [6, 6.07) is 2.60. The second-order valence-electron chi connectivity index (χ2n) is 4.41. The summed E-state index contributed by atoms with van der Waals surface area (Å²) in [6.45, 7) is 2.85. The van der Waals surface area contributed by atoms with Crippen LogP contribution in [0.25, 0.3) is 11.7 Å². The predicted molar refractivity (Wildman–Crippen MR) is 61.5 cm³/mol. The molecule has 1 N–H and O–H groups in total. The third-order valence-corrected chi connectivity index (χ3v) is 2.87. The average molecular weight is 233 g/mol. The Kier molecular flexibility index (Phi) is 2.68. The Bertz CT molecular complexity index is 499. The van der Waals surface area contributed by atoms with E-state index >= 15 is 0 Å². The number of furan rings is 1. The first-order valence-corrected chi connectivity index (χ1v) is 5.93. The molecule has 0 amide bonds. The van der Waals surface area contributed by atoms with Crippen LogP contribution >= 0.6 is 0 Å². The standard InChI is InChI=1S/C12H15N3O2/c1-8-5-7-16-11(8)12-15-14-10(17-12)4-6-13-9-2-3-9/h5,7,9,13H,2-4,6H2,1H3. The van der Waals surface area contributed by atoms with E-state index < -0.39 is 0 Å². The molecule has 1 aliphatic carbocycles. The van der Waals surface area contributed by atoms with Crippen molar-refractivity contribution in [3.8, 4) is 11.7 Å². The number of hydrogen-bond acceptors (Lipinski definition) is 5. The molecular weight excluding hydrogens is 218 g/mol. The van der Waals surface area contributed by atoms with Crippen molar-refractivity contribution in [2.45, 2.75) is 32.2 Å². The summed E-state index contributed by atoms with van der Waals surface area (Å²) in [5.74, 6) is 1.79. The van der Waals surface area contributed by atoms with Gasteiger partial charge in [-0.3, -0.25) is 0 Å². The highest BCUT2D eigenvalue weighted by atomic mass is 16.4. The number of nitrogens with zero attached hydrogens (tertiary/aromatic N) is 2. The molecule has 0 bridgehead atoms. The third kappa shape index (κ3) is 2.39. The second kappa shape index (κ2) is 4.33. The van der Waals surface area contributed by atoms with Gasteiger partial charge in [-0.1, -0.05) is 0 Å². The van der Waals surface area contributed by atoms with Crippen LogP contribution in [-0.4, -0.2) is 22.8 Å². The van der Waals surface area contributed by atoms with Crippen LogP contribution < -0.4 is 5.32 Å². The lowest BCUT2D eigenvalue weighted by Crippen LogP contribution is -2.19. The van der Waals surface area contributed by atoms with Crippen molar-refractivity contribution in [2.75, 3.05) is 6.54 Å². The maximum absolute atomic E-state index is 5.56. The molecule has 1 saturated carbocycles. The number of aromatic nitrogens is 2. The van der Waals surface area contributed by atoms with Crippen molar-refractivity contribution >= 4 is 0 Å². The molecule has 90 valence electrons. The van der Waals surface area contributed by atoms with E-state index in [-0.39, 0.29) is 0 Å². The summed E-state index contributed by atoms with van der Waals surface area (Å²) in [5.41, 5.74) is 1.01. The largest absolute Gasteiger partial charge is 0.459 e. The van der Waals surface area contributed by atoms with Gasteiger partial charge in [-0.15, -0.1) is 10.2 Å². The summed E-state index contributed by atoms with van der Waals surface area (Å²) in [7, 11) is 0. The average Bonchev–Trinajstić information content (AvgIpc) is 2.85. The van der Waals surface area contributed by atoms with Crippen molar-refractivity contribution < 1.29 is 8.83 Å². The minimum Gasteiger partial charge on any atom is -0.459 e. The lowest BCUT2D eigenvalue weighted by Gasteiger charge is -1.97. The maximum atomic E-state index is 5.56. The number of aryl methyl sites for hydroxylation is 1. The molecular formula is C12H15N3O2. The van der Waals surface area contributed by atoms with Gasteiger partial charge in [0, 0.05) is 24.6 Å². The zero-order valence-corrected chi connectivity index (χ0v) is 9.77. The van der Waals surface area contributed by atoms with E-state index in [1.165, 1.54) is 12.8 Å². The van der Waals surface area contributed by atoms with Crippen LogP contribution in [0.4, 0.5) is 0 Å². The molecule has 0 saturated heterocycles. The first-order chi connectivity index (χ1) is 8.33. The maximum Gasteiger partial charge on any atom is 0.283 e. The van der Waals surface area contributed by atoms with E-state index in [1.54, 1.807) is 6.26 Å². The highest BCUT2D eigenvalue weighted by molar-refractivity contribution is 5.49. The molecule has 17 heavy (non-hydrogen) atoms.